The Balaban J connectivity index is 0.000000172. The average Bonchev–Trinajstić information content (AvgIpc) is 4.11. The molecule has 404 valence electrons. The van der Waals surface area contributed by atoms with Crippen molar-refractivity contribution in [2.24, 2.45) is 10.8 Å². The van der Waals surface area contributed by atoms with E-state index in [0.29, 0.717) is 49.9 Å². The van der Waals surface area contributed by atoms with Gasteiger partial charge in [0.2, 0.25) is 0 Å². The van der Waals surface area contributed by atoms with Gasteiger partial charge in [-0.25, -0.2) is 19.6 Å². The van der Waals surface area contributed by atoms with E-state index >= 15 is 0 Å². The lowest BCUT2D eigenvalue weighted by Gasteiger charge is -2.52. The first kappa shape index (κ1) is 57.1. The zero-order valence-electron chi connectivity index (χ0n) is 43.8. The summed E-state index contributed by atoms with van der Waals surface area (Å²) >= 11 is 9.02. The number of nitrogen functional groups attached to an aromatic ring is 1. The quantitative estimate of drug-likeness (QED) is 0.0622. The molecule has 4 aromatic heterocycles. The summed E-state index contributed by atoms with van der Waals surface area (Å²) in [5.41, 5.74) is 10.8. The first-order chi connectivity index (χ1) is 35.7. The van der Waals surface area contributed by atoms with Crippen molar-refractivity contribution in [2.75, 3.05) is 78.9 Å². The van der Waals surface area contributed by atoms with Gasteiger partial charge in [-0.1, -0.05) is 35.9 Å². The van der Waals surface area contributed by atoms with Crippen LogP contribution in [0.2, 0.25) is 5.15 Å². The van der Waals surface area contributed by atoms with Crippen LogP contribution in [0.5, 0.6) is 0 Å². The summed E-state index contributed by atoms with van der Waals surface area (Å²) in [6.45, 7) is 19.3. The van der Waals surface area contributed by atoms with Crippen LogP contribution in [0.1, 0.15) is 87.9 Å². The summed E-state index contributed by atoms with van der Waals surface area (Å²) in [6, 6.07) is 26.0. The predicted octanol–water partition coefficient (Wildman–Crippen LogP) is 11.7. The largest absolute Gasteiger partial charge is 0.444 e. The Labute approximate surface area is 456 Å². The first-order valence-corrected chi connectivity index (χ1v) is 27.3. The Hall–Kier alpha value is -6.64. The van der Waals surface area contributed by atoms with Gasteiger partial charge in [-0.05, 0) is 168 Å². The van der Waals surface area contributed by atoms with Gasteiger partial charge >= 0.3 is 12.2 Å². The van der Waals surface area contributed by atoms with E-state index < -0.39 is 11.7 Å². The number of hydrogen-bond acceptors (Lipinski definition) is 14. The lowest BCUT2D eigenvalue weighted by molar-refractivity contribution is -0.0457. The Morgan fingerprint density at radius 3 is 1.74 bits per heavy atom. The van der Waals surface area contributed by atoms with Gasteiger partial charge in [0.05, 0.1) is 33.9 Å². The van der Waals surface area contributed by atoms with Gasteiger partial charge in [0.25, 0.3) is 11.8 Å². The molecule has 4 aliphatic rings. The van der Waals surface area contributed by atoms with Crippen molar-refractivity contribution in [3.05, 3.63) is 124 Å². The highest BCUT2D eigenvalue weighted by molar-refractivity contribution is 7.13. The average molecular weight is 1100 g/mol. The molecule has 20 heteroatoms. The molecule has 4 amide bonds. The van der Waals surface area contributed by atoms with Gasteiger partial charge < -0.3 is 46.3 Å². The van der Waals surface area contributed by atoms with Gasteiger partial charge in [0, 0.05) is 66.8 Å². The minimum atomic E-state index is -0.640. The molecule has 0 radical (unpaired) electrons. The number of nitrogens with zero attached hydrogens (tertiary/aromatic N) is 4. The highest BCUT2D eigenvalue weighted by Gasteiger charge is 2.46. The summed E-state index contributed by atoms with van der Waals surface area (Å²) in [5.74, 6) is 0.361. The molecule has 76 heavy (non-hydrogen) atoms. The fraction of sp³-hybridized carbons (Fsp3) is 0.393. The van der Waals surface area contributed by atoms with Crippen molar-refractivity contribution in [3.63, 3.8) is 0 Å². The van der Waals surface area contributed by atoms with Crippen LogP contribution in [0.25, 0.3) is 20.9 Å². The highest BCUT2D eigenvalue weighted by atomic mass is 35.5. The number of likely N-dealkylation sites (tertiary alicyclic amines) is 1. The lowest BCUT2D eigenvalue weighted by atomic mass is 9.73. The molecule has 0 bridgehead atoms. The smallest absolute Gasteiger partial charge is 0.412 e. The monoisotopic (exact) mass is 1090 g/mol. The second-order valence-electron chi connectivity index (χ2n) is 21.5. The van der Waals surface area contributed by atoms with E-state index in [1.54, 1.807) is 73.9 Å². The molecule has 4 saturated heterocycles. The second-order valence-corrected chi connectivity index (χ2v) is 23.8. The fourth-order valence-electron chi connectivity index (χ4n) is 9.17. The maximum absolute atomic E-state index is 12.8. The fourth-order valence-corrected chi connectivity index (χ4v) is 10.7. The van der Waals surface area contributed by atoms with Crippen molar-refractivity contribution in [1.29, 1.82) is 0 Å². The predicted molar refractivity (Wildman–Crippen MR) is 305 cm³/mol. The highest BCUT2D eigenvalue weighted by Crippen LogP contribution is 2.40. The zero-order valence-corrected chi connectivity index (χ0v) is 46.2. The van der Waals surface area contributed by atoms with Crippen LogP contribution in [-0.4, -0.2) is 102 Å². The molecule has 0 atom stereocenters. The van der Waals surface area contributed by atoms with Crippen molar-refractivity contribution in [1.82, 2.24) is 25.5 Å². The van der Waals surface area contributed by atoms with Gasteiger partial charge in [0.15, 0.2) is 0 Å². The van der Waals surface area contributed by atoms with Crippen molar-refractivity contribution in [3.8, 4) is 20.9 Å². The van der Waals surface area contributed by atoms with Crippen LogP contribution in [0.4, 0.5) is 42.9 Å². The number of thiophene rings is 2. The summed E-state index contributed by atoms with van der Waals surface area (Å²) in [4.78, 5) is 64.2. The number of anilines is 5. The summed E-state index contributed by atoms with van der Waals surface area (Å²) in [6.07, 6.45) is 7.05. The van der Waals surface area contributed by atoms with Crippen LogP contribution >= 0.6 is 34.3 Å². The van der Waals surface area contributed by atoms with Crippen LogP contribution in [0, 0.1) is 10.8 Å². The number of piperidine rings is 2. The van der Waals surface area contributed by atoms with Crippen molar-refractivity contribution in [2.45, 2.75) is 78.4 Å². The third-order valence-electron chi connectivity index (χ3n) is 13.3. The van der Waals surface area contributed by atoms with E-state index in [-0.39, 0.29) is 28.2 Å². The molecule has 6 aromatic rings. The number of aromatic nitrogens is 2. The third-order valence-corrected chi connectivity index (χ3v) is 15.4. The first-order valence-electron chi connectivity index (χ1n) is 25.2. The second kappa shape index (κ2) is 24.6. The van der Waals surface area contributed by atoms with Crippen LogP contribution in [-0.2, 0) is 9.47 Å². The lowest BCUT2D eigenvalue weighted by Crippen LogP contribution is -2.62. The number of carbonyl (C=O) groups excluding carboxylic acids is 4. The van der Waals surface area contributed by atoms with E-state index in [1.807, 2.05) is 97.1 Å². The maximum atomic E-state index is 12.8. The standard InChI is InChI=1S/C23H25N5OS.C21H20ClN3O3S.C12H22N2O2.FH/c24-18-5-3-16(20-2-1-11-30-20)12-19(18)27-22(29)17-4-6-21(26-13-17)28-9-7-23(8-10-28)14-25-15-23;1-21(2,3)28-20(27)25-15-8-6-13(17-5-4-10-29-17)11-16(15)24-19(26)14-7-9-18(22)23-12-14;1-11(2,3)16-10(15)14-8-12(9-14)4-6-13-7-5-12;/h1-6,11-13,25H,7-10,14-15,24H2,(H,27,29);4-12H,1-3H3,(H,24,26)(H,25,27);13H,4-9H2,1-3H3;1H. The molecule has 0 aliphatic carbocycles. The molecule has 16 nitrogen and oxygen atoms in total. The third kappa shape index (κ3) is 15.3. The number of ether oxygens (including phenoxy) is 2. The Bertz CT molecular complexity index is 2900. The Kier molecular flexibility index (Phi) is 18.5. The number of carbonyl (C=O) groups is 4. The van der Waals surface area contributed by atoms with Crippen molar-refractivity contribution >= 4 is 86.8 Å². The van der Waals surface area contributed by atoms with Gasteiger partial charge in [-0.2, -0.15) is 0 Å². The molecule has 4 fully saturated rings. The molecule has 0 saturated carbocycles. The molecular formula is C56H68ClFN10O6S2. The molecule has 4 aliphatic heterocycles. The van der Waals surface area contributed by atoms with Gasteiger partial charge in [-0.15, -0.1) is 22.7 Å². The zero-order chi connectivity index (χ0) is 53.4. The molecule has 8 heterocycles. The molecule has 0 unspecified atom stereocenters. The minimum absolute atomic E-state index is 0. The van der Waals surface area contributed by atoms with E-state index in [9.17, 15) is 19.2 Å². The molecule has 10 rings (SSSR count). The van der Waals surface area contributed by atoms with Gasteiger partial charge in [-0.3, -0.25) is 19.6 Å². The molecule has 2 aromatic carbocycles. The number of pyridine rings is 2. The van der Waals surface area contributed by atoms with E-state index in [1.165, 1.54) is 31.9 Å². The Morgan fingerprint density at radius 1 is 0.658 bits per heavy atom. The number of amides is 4. The van der Waals surface area contributed by atoms with Crippen LogP contribution < -0.4 is 37.2 Å². The topological polar surface area (TPSA) is 205 Å². The molecular weight excluding hydrogens is 1030 g/mol. The van der Waals surface area contributed by atoms with Crippen LogP contribution in [0.15, 0.2) is 108 Å². The summed E-state index contributed by atoms with van der Waals surface area (Å²) in [5, 5.41) is 19.5. The molecule has 2 spiro atoms. The van der Waals surface area contributed by atoms with E-state index in [2.05, 4.69) is 41.5 Å². The summed E-state index contributed by atoms with van der Waals surface area (Å²) < 4.78 is 10.7. The number of nitrogens with two attached hydrogens (primary N) is 1. The van der Waals surface area contributed by atoms with Gasteiger partial charge in [0.1, 0.15) is 22.2 Å². The maximum Gasteiger partial charge on any atom is 0.412 e. The molecule has 7 N–H and O–H groups in total. The van der Waals surface area contributed by atoms with E-state index in [0.717, 1.165) is 79.1 Å². The number of benzene rings is 2. The number of halogens is 2. The Morgan fingerprint density at radius 2 is 1.22 bits per heavy atom. The SMILES string of the molecule is CC(C)(C)OC(=O)N1CC2(CCNCC2)C1.CC(C)(C)OC(=O)Nc1ccc(-c2cccs2)cc1NC(=O)c1ccc(Cl)nc1.F.Nc1ccc(-c2cccs2)cc1NC(=O)c1ccc(N2CCC3(CC2)CNC3)nc1. The number of hydrogen-bond donors (Lipinski definition) is 6. The number of rotatable bonds is 8. The minimum Gasteiger partial charge on any atom is -0.444 e. The number of nitrogens with one attached hydrogen (secondary N) is 5. The van der Waals surface area contributed by atoms with Crippen molar-refractivity contribution < 1.29 is 33.4 Å². The van der Waals surface area contributed by atoms with Crippen LogP contribution in [0.3, 0.4) is 0 Å². The normalized spacial score (nSPS) is 16.2. The van der Waals surface area contributed by atoms with E-state index in [4.69, 9.17) is 26.8 Å². The summed E-state index contributed by atoms with van der Waals surface area (Å²) in [7, 11) is 0.